The van der Waals surface area contributed by atoms with Crippen LogP contribution < -0.4 is 0 Å². The first-order valence-corrected chi connectivity index (χ1v) is 6.64. The SMILES string of the molecule is CC(Cc1csc2cccc(Br)c12)C(=O)O. The van der Waals surface area contributed by atoms with Crippen LogP contribution in [0.25, 0.3) is 10.1 Å². The van der Waals surface area contributed by atoms with Crippen molar-refractivity contribution >= 4 is 43.3 Å². The van der Waals surface area contributed by atoms with Crippen molar-refractivity contribution in [3.8, 4) is 0 Å². The predicted molar refractivity (Wildman–Crippen MR) is 70.0 cm³/mol. The number of hydrogen-bond donors (Lipinski definition) is 1. The van der Waals surface area contributed by atoms with E-state index < -0.39 is 5.97 Å². The van der Waals surface area contributed by atoms with E-state index in [1.807, 2.05) is 12.1 Å². The Morgan fingerprint density at radius 3 is 3.00 bits per heavy atom. The molecule has 2 rings (SSSR count). The average molecular weight is 299 g/mol. The Labute approximate surface area is 106 Å². The number of rotatable bonds is 3. The fraction of sp³-hybridized carbons (Fsp3) is 0.250. The van der Waals surface area contributed by atoms with Gasteiger partial charge in [0.2, 0.25) is 0 Å². The van der Waals surface area contributed by atoms with E-state index in [0.29, 0.717) is 6.42 Å². The zero-order chi connectivity index (χ0) is 11.7. The average Bonchev–Trinajstić information content (AvgIpc) is 2.63. The number of fused-ring (bicyclic) bond motifs is 1. The maximum absolute atomic E-state index is 10.8. The van der Waals surface area contributed by atoms with Gasteiger partial charge in [0.15, 0.2) is 0 Å². The van der Waals surface area contributed by atoms with Gasteiger partial charge in [-0.1, -0.05) is 28.9 Å². The third kappa shape index (κ3) is 2.13. The number of hydrogen-bond acceptors (Lipinski definition) is 2. The molecule has 4 heteroatoms. The van der Waals surface area contributed by atoms with E-state index in [-0.39, 0.29) is 5.92 Å². The number of aliphatic carboxylic acids is 1. The Bertz CT molecular complexity index is 533. The third-order valence-corrected chi connectivity index (χ3v) is 4.23. The molecule has 0 saturated heterocycles. The quantitative estimate of drug-likeness (QED) is 0.932. The Morgan fingerprint density at radius 1 is 1.56 bits per heavy atom. The molecule has 0 radical (unpaired) electrons. The van der Waals surface area contributed by atoms with Crippen molar-refractivity contribution in [1.82, 2.24) is 0 Å². The molecule has 1 unspecified atom stereocenters. The summed E-state index contributed by atoms with van der Waals surface area (Å²) in [5, 5.41) is 12.1. The summed E-state index contributed by atoms with van der Waals surface area (Å²) in [5.74, 6) is -1.09. The predicted octanol–water partition coefficient (Wildman–Crippen LogP) is 3.93. The Morgan fingerprint density at radius 2 is 2.31 bits per heavy atom. The van der Waals surface area contributed by atoms with Crippen LogP contribution in [0.1, 0.15) is 12.5 Å². The molecule has 2 nitrogen and oxygen atoms in total. The second-order valence-electron chi connectivity index (χ2n) is 3.82. The maximum atomic E-state index is 10.8. The number of carboxylic acids is 1. The molecule has 2 aromatic rings. The number of thiophene rings is 1. The Kier molecular flexibility index (Phi) is 3.30. The highest BCUT2D eigenvalue weighted by atomic mass is 79.9. The van der Waals surface area contributed by atoms with Crippen molar-refractivity contribution < 1.29 is 9.90 Å². The van der Waals surface area contributed by atoms with E-state index in [2.05, 4.69) is 27.4 Å². The first-order valence-electron chi connectivity index (χ1n) is 4.97. The lowest BCUT2D eigenvalue weighted by Crippen LogP contribution is -2.11. The van der Waals surface area contributed by atoms with Crippen LogP contribution >= 0.6 is 27.3 Å². The van der Waals surface area contributed by atoms with Crippen LogP contribution in [-0.2, 0) is 11.2 Å². The van der Waals surface area contributed by atoms with Crippen LogP contribution in [0, 0.1) is 5.92 Å². The first kappa shape index (κ1) is 11.6. The highest BCUT2D eigenvalue weighted by Crippen LogP contribution is 2.33. The van der Waals surface area contributed by atoms with Crippen LogP contribution in [-0.4, -0.2) is 11.1 Å². The van der Waals surface area contributed by atoms with Gasteiger partial charge in [0, 0.05) is 14.6 Å². The molecule has 1 aromatic carbocycles. The smallest absolute Gasteiger partial charge is 0.306 e. The minimum atomic E-state index is -0.744. The fourth-order valence-electron chi connectivity index (χ4n) is 1.68. The van der Waals surface area contributed by atoms with Gasteiger partial charge in [-0.05, 0) is 29.5 Å². The fourth-order valence-corrected chi connectivity index (χ4v) is 3.43. The summed E-state index contributed by atoms with van der Waals surface area (Å²) in [7, 11) is 0. The lowest BCUT2D eigenvalue weighted by atomic mass is 10.0. The van der Waals surface area contributed by atoms with E-state index in [1.165, 1.54) is 4.70 Å². The molecule has 0 fully saturated rings. The molecule has 16 heavy (non-hydrogen) atoms. The van der Waals surface area contributed by atoms with Gasteiger partial charge < -0.3 is 5.11 Å². The van der Waals surface area contributed by atoms with Crippen LogP contribution in [0.3, 0.4) is 0 Å². The van der Waals surface area contributed by atoms with Gasteiger partial charge in [-0.15, -0.1) is 11.3 Å². The molecule has 0 amide bonds. The van der Waals surface area contributed by atoms with Crippen molar-refractivity contribution in [3.63, 3.8) is 0 Å². The molecular formula is C12H11BrO2S. The van der Waals surface area contributed by atoms with Crippen LogP contribution in [0.5, 0.6) is 0 Å². The summed E-state index contributed by atoms with van der Waals surface area (Å²) in [5.41, 5.74) is 1.11. The molecule has 0 aliphatic rings. The summed E-state index contributed by atoms with van der Waals surface area (Å²) in [4.78, 5) is 10.8. The van der Waals surface area contributed by atoms with Crippen LogP contribution in [0.15, 0.2) is 28.1 Å². The van der Waals surface area contributed by atoms with Crippen LogP contribution in [0.2, 0.25) is 0 Å². The highest BCUT2D eigenvalue weighted by Gasteiger charge is 2.15. The second kappa shape index (κ2) is 4.55. The zero-order valence-electron chi connectivity index (χ0n) is 8.74. The van der Waals surface area contributed by atoms with Crippen LogP contribution in [0.4, 0.5) is 0 Å². The van der Waals surface area contributed by atoms with E-state index in [1.54, 1.807) is 18.3 Å². The lowest BCUT2D eigenvalue weighted by Gasteiger charge is -2.05. The monoisotopic (exact) mass is 298 g/mol. The number of benzene rings is 1. The summed E-state index contributed by atoms with van der Waals surface area (Å²) in [6.45, 7) is 1.74. The zero-order valence-corrected chi connectivity index (χ0v) is 11.1. The van der Waals surface area contributed by atoms with Gasteiger partial charge in [0.05, 0.1) is 5.92 Å². The molecule has 0 saturated carbocycles. The van der Waals surface area contributed by atoms with E-state index >= 15 is 0 Å². The Balaban J connectivity index is 2.42. The van der Waals surface area contributed by atoms with E-state index in [9.17, 15) is 4.79 Å². The molecule has 0 bridgehead atoms. The molecule has 1 aromatic heterocycles. The standard InChI is InChI=1S/C12H11BrO2S/c1-7(12(14)15)5-8-6-16-10-4-2-3-9(13)11(8)10/h2-4,6-7H,5H2,1H3,(H,14,15). The number of carbonyl (C=O) groups is 1. The van der Waals surface area contributed by atoms with E-state index in [0.717, 1.165) is 15.4 Å². The van der Waals surface area contributed by atoms with Gasteiger partial charge in [-0.2, -0.15) is 0 Å². The molecule has 84 valence electrons. The summed E-state index contributed by atoms with van der Waals surface area (Å²) in [6.07, 6.45) is 0.581. The molecular weight excluding hydrogens is 288 g/mol. The normalized spacial score (nSPS) is 12.9. The van der Waals surface area contributed by atoms with Crippen molar-refractivity contribution in [2.45, 2.75) is 13.3 Å². The highest BCUT2D eigenvalue weighted by molar-refractivity contribution is 9.10. The number of carboxylic acid groups (broad SMARTS) is 1. The van der Waals surface area contributed by atoms with Gasteiger partial charge in [-0.3, -0.25) is 4.79 Å². The van der Waals surface area contributed by atoms with Crippen molar-refractivity contribution in [2.24, 2.45) is 5.92 Å². The topological polar surface area (TPSA) is 37.3 Å². The molecule has 0 spiro atoms. The minimum Gasteiger partial charge on any atom is -0.481 e. The molecule has 1 N–H and O–H groups in total. The van der Waals surface area contributed by atoms with E-state index in [4.69, 9.17) is 5.11 Å². The van der Waals surface area contributed by atoms with Crippen molar-refractivity contribution in [3.05, 3.63) is 33.6 Å². The van der Waals surface area contributed by atoms with Gasteiger partial charge in [-0.25, -0.2) is 0 Å². The minimum absolute atomic E-state index is 0.343. The Hall–Kier alpha value is -0.870. The third-order valence-electron chi connectivity index (χ3n) is 2.57. The maximum Gasteiger partial charge on any atom is 0.306 e. The van der Waals surface area contributed by atoms with Gasteiger partial charge >= 0.3 is 5.97 Å². The lowest BCUT2D eigenvalue weighted by molar-refractivity contribution is -0.141. The summed E-state index contributed by atoms with van der Waals surface area (Å²) in [6, 6.07) is 6.04. The van der Waals surface area contributed by atoms with Crippen molar-refractivity contribution in [2.75, 3.05) is 0 Å². The molecule has 0 aliphatic heterocycles. The first-order chi connectivity index (χ1) is 7.59. The second-order valence-corrected chi connectivity index (χ2v) is 5.58. The van der Waals surface area contributed by atoms with Gasteiger partial charge in [0.1, 0.15) is 0 Å². The molecule has 1 atom stereocenters. The number of halogens is 1. The molecule has 0 aliphatic carbocycles. The summed E-state index contributed by atoms with van der Waals surface area (Å²) >= 11 is 5.17. The summed E-state index contributed by atoms with van der Waals surface area (Å²) < 4.78 is 2.24. The largest absolute Gasteiger partial charge is 0.481 e. The molecule has 1 heterocycles. The van der Waals surface area contributed by atoms with Crippen molar-refractivity contribution in [1.29, 1.82) is 0 Å². The van der Waals surface area contributed by atoms with Gasteiger partial charge in [0.25, 0.3) is 0 Å².